The topological polar surface area (TPSA) is 21.3 Å². The molecule has 0 amide bonds. The predicted molar refractivity (Wildman–Crippen MR) is 77.7 cm³/mol. The van der Waals surface area contributed by atoms with Gasteiger partial charge in [-0.3, -0.25) is 0 Å². The van der Waals surface area contributed by atoms with Crippen molar-refractivity contribution >= 4 is 17.3 Å². The number of hydrogen-bond donors (Lipinski definition) is 1. The van der Waals surface area contributed by atoms with Crippen molar-refractivity contribution in [3.05, 3.63) is 28.8 Å². The zero-order chi connectivity index (χ0) is 15.8. The minimum Gasteiger partial charge on any atom is -0.380 e. The van der Waals surface area contributed by atoms with Gasteiger partial charge in [0.1, 0.15) is 0 Å². The molecule has 0 radical (unpaired) electrons. The van der Waals surface area contributed by atoms with Crippen LogP contribution in [0, 0.1) is 5.41 Å². The van der Waals surface area contributed by atoms with Gasteiger partial charge in [0.25, 0.3) is 0 Å². The van der Waals surface area contributed by atoms with Gasteiger partial charge in [0, 0.05) is 18.1 Å². The second kappa shape index (κ2) is 5.69. The lowest BCUT2D eigenvalue weighted by atomic mass is 9.64. The molecule has 1 aliphatic carbocycles. The lowest BCUT2D eigenvalue weighted by Gasteiger charge is -2.52. The normalized spacial score (nSPS) is 24.5. The van der Waals surface area contributed by atoms with E-state index in [9.17, 15) is 13.2 Å². The molecular formula is C15H19ClF3NO. The summed E-state index contributed by atoms with van der Waals surface area (Å²) in [6.07, 6.45) is -3.50. The van der Waals surface area contributed by atoms with Crippen molar-refractivity contribution < 1.29 is 17.9 Å². The van der Waals surface area contributed by atoms with E-state index in [1.54, 1.807) is 0 Å². The fourth-order valence-corrected chi connectivity index (χ4v) is 2.79. The number of alkyl halides is 3. The van der Waals surface area contributed by atoms with Crippen molar-refractivity contribution in [2.75, 3.05) is 11.9 Å². The van der Waals surface area contributed by atoms with Crippen LogP contribution < -0.4 is 5.32 Å². The summed E-state index contributed by atoms with van der Waals surface area (Å²) in [5.41, 5.74) is -0.527. The van der Waals surface area contributed by atoms with E-state index >= 15 is 0 Å². The number of halogens is 4. The lowest BCUT2D eigenvalue weighted by Crippen LogP contribution is -2.58. The van der Waals surface area contributed by atoms with Gasteiger partial charge >= 0.3 is 6.18 Å². The van der Waals surface area contributed by atoms with E-state index < -0.39 is 11.7 Å². The zero-order valence-electron chi connectivity index (χ0n) is 12.2. The molecule has 1 fully saturated rings. The molecule has 0 heterocycles. The summed E-state index contributed by atoms with van der Waals surface area (Å²) in [6.45, 7) is 6.64. The van der Waals surface area contributed by atoms with Gasteiger partial charge in [-0.15, -0.1) is 0 Å². The van der Waals surface area contributed by atoms with Gasteiger partial charge in [0.15, 0.2) is 0 Å². The van der Waals surface area contributed by atoms with Crippen molar-refractivity contribution in [3.8, 4) is 0 Å². The van der Waals surface area contributed by atoms with Crippen LogP contribution >= 0.6 is 11.6 Å². The molecule has 118 valence electrons. The van der Waals surface area contributed by atoms with Crippen LogP contribution in [-0.2, 0) is 10.9 Å². The van der Waals surface area contributed by atoms with Crippen LogP contribution in [0.1, 0.15) is 32.8 Å². The Balaban J connectivity index is 2.14. The standard InChI is InChI=1S/C15H19ClF3NO/c1-4-21-13-8-12(14(13,2)3)20-11-7-9(15(17,18)19)5-6-10(11)16/h5-7,12-13,20H,4,8H2,1-3H3. The molecule has 1 aromatic carbocycles. The summed E-state index contributed by atoms with van der Waals surface area (Å²) < 4.78 is 43.9. The Morgan fingerprint density at radius 3 is 2.57 bits per heavy atom. The summed E-state index contributed by atoms with van der Waals surface area (Å²) in [4.78, 5) is 0. The molecule has 1 aromatic rings. The maximum atomic E-state index is 12.8. The fraction of sp³-hybridized carbons (Fsp3) is 0.600. The summed E-state index contributed by atoms with van der Waals surface area (Å²) in [7, 11) is 0. The van der Waals surface area contributed by atoms with Gasteiger partial charge in [0.2, 0.25) is 0 Å². The largest absolute Gasteiger partial charge is 0.416 e. The van der Waals surface area contributed by atoms with Gasteiger partial charge in [-0.05, 0) is 31.5 Å². The van der Waals surface area contributed by atoms with Crippen molar-refractivity contribution in [1.29, 1.82) is 0 Å². The first-order valence-corrected chi connectivity index (χ1v) is 7.29. The molecule has 0 aromatic heterocycles. The molecule has 2 rings (SSSR count). The first kappa shape index (κ1) is 16.4. The Labute approximate surface area is 127 Å². The van der Waals surface area contributed by atoms with Crippen molar-refractivity contribution in [2.45, 2.75) is 45.5 Å². The van der Waals surface area contributed by atoms with Crippen LogP contribution in [0.15, 0.2) is 18.2 Å². The number of nitrogens with one attached hydrogen (secondary N) is 1. The van der Waals surface area contributed by atoms with Crippen LogP contribution in [-0.4, -0.2) is 18.8 Å². The molecule has 0 aliphatic heterocycles. The average Bonchev–Trinajstić information content (AvgIpc) is 2.38. The summed E-state index contributed by atoms with van der Waals surface area (Å²) in [5.74, 6) is 0. The van der Waals surface area contributed by atoms with Gasteiger partial charge in [-0.1, -0.05) is 25.4 Å². The van der Waals surface area contributed by atoms with Gasteiger partial charge in [-0.2, -0.15) is 13.2 Å². The highest BCUT2D eigenvalue weighted by molar-refractivity contribution is 6.33. The molecule has 21 heavy (non-hydrogen) atoms. The van der Waals surface area contributed by atoms with E-state index in [-0.39, 0.29) is 17.6 Å². The zero-order valence-corrected chi connectivity index (χ0v) is 13.0. The minimum atomic E-state index is -4.37. The van der Waals surface area contributed by atoms with E-state index in [1.807, 2.05) is 20.8 Å². The number of benzene rings is 1. The fourth-order valence-electron chi connectivity index (χ4n) is 2.61. The predicted octanol–water partition coefficient (Wildman–Crippen LogP) is 4.97. The Bertz CT molecular complexity index is 516. The molecule has 2 nitrogen and oxygen atoms in total. The smallest absolute Gasteiger partial charge is 0.380 e. The third kappa shape index (κ3) is 3.29. The third-order valence-electron chi connectivity index (χ3n) is 4.17. The molecule has 1 saturated carbocycles. The highest BCUT2D eigenvalue weighted by Gasteiger charge is 2.49. The summed E-state index contributed by atoms with van der Waals surface area (Å²) >= 11 is 6.00. The Morgan fingerprint density at radius 1 is 1.38 bits per heavy atom. The van der Waals surface area contributed by atoms with Gasteiger partial charge in [0.05, 0.1) is 22.4 Å². The van der Waals surface area contributed by atoms with Crippen LogP contribution in [0.5, 0.6) is 0 Å². The summed E-state index contributed by atoms with van der Waals surface area (Å²) in [5, 5.41) is 3.42. The average molecular weight is 322 g/mol. The van der Waals surface area contributed by atoms with Gasteiger partial charge < -0.3 is 10.1 Å². The Hall–Kier alpha value is -0.940. The first-order chi connectivity index (χ1) is 9.66. The second-order valence-corrected chi connectivity index (χ2v) is 6.30. The molecule has 2 unspecified atom stereocenters. The molecular weight excluding hydrogens is 303 g/mol. The quantitative estimate of drug-likeness (QED) is 0.845. The van der Waals surface area contributed by atoms with Crippen LogP contribution in [0.25, 0.3) is 0 Å². The van der Waals surface area contributed by atoms with Crippen molar-refractivity contribution in [3.63, 3.8) is 0 Å². The number of rotatable bonds is 4. The molecule has 2 atom stereocenters. The van der Waals surface area contributed by atoms with Crippen molar-refractivity contribution in [2.24, 2.45) is 5.41 Å². The van der Waals surface area contributed by atoms with Crippen LogP contribution in [0.2, 0.25) is 5.02 Å². The molecule has 0 spiro atoms. The van der Waals surface area contributed by atoms with E-state index in [0.717, 1.165) is 18.6 Å². The maximum Gasteiger partial charge on any atom is 0.416 e. The highest BCUT2D eigenvalue weighted by atomic mass is 35.5. The Morgan fingerprint density at radius 2 is 2.05 bits per heavy atom. The summed E-state index contributed by atoms with van der Waals surface area (Å²) in [6, 6.07) is 3.36. The van der Waals surface area contributed by atoms with E-state index in [2.05, 4.69) is 5.32 Å². The molecule has 0 bridgehead atoms. The molecule has 6 heteroatoms. The van der Waals surface area contributed by atoms with Crippen LogP contribution in [0.4, 0.5) is 18.9 Å². The van der Waals surface area contributed by atoms with E-state index in [0.29, 0.717) is 17.3 Å². The third-order valence-corrected chi connectivity index (χ3v) is 4.50. The number of anilines is 1. The minimum absolute atomic E-state index is 0.0371. The Kier molecular flexibility index (Phi) is 4.45. The second-order valence-electron chi connectivity index (χ2n) is 5.89. The van der Waals surface area contributed by atoms with E-state index in [4.69, 9.17) is 16.3 Å². The van der Waals surface area contributed by atoms with Crippen LogP contribution in [0.3, 0.4) is 0 Å². The maximum absolute atomic E-state index is 12.8. The van der Waals surface area contributed by atoms with E-state index in [1.165, 1.54) is 6.07 Å². The molecule has 1 aliphatic rings. The SMILES string of the molecule is CCOC1CC(Nc2cc(C(F)(F)F)ccc2Cl)C1(C)C. The number of hydrogen-bond acceptors (Lipinski definition) is 2. The highest BCUT2D eigenvalue weighted by Crippen LogP contribution is 2.45. The number of ether oxygens (including phenoxy) is 1. The molecule has 0 saturated heterocycles. The first-order valence-electron chi connectivity index (χ1n) is 6.91. The lowest BCUT2D eigenvalue weighted by molar-refractivity contribution is -0.137. The monoisotopic (exact) mass is 321 g/mol. The molecule has 1 N–H and O–H groups in total. The van der Waals surface area contributed by atoms with Gasteiger partial charge in [-0.25, -0.2) is 0 Å². The van der Waals surface area contributed by atoms with Crippen molar-refractivity contribution in [1.82, 2.24) is 0 Å².